The van der Waals surface area contributed by atoms with Crippen LogP contribution in [0, 0.1) is 0 Å². The molecule has 0 aliphatic heterocycles. The lowest BCUT2D eigenvalue weighted by atomic mass is 10.1. The number of alkyl halides is 3. The Bertz CT molecular complexity index is 589. The van der Waals surface area contributed by atoms with Crippen LogP contribution < -0.4 is 0 Å². The van der Waals surface area contributed by atoms with Crippen molar-refractivity contribution in [2.75, 3.05) is 0 Å². The molecule has 1 aromatic heterocycles. The number of rotatable bonds is 2. The summed E-state index contributed by atoms with van der Waals surface area (Å²) in [6.07, 6.45) is -3.63. The largest absolute Gasteiger partial charge is 0.476 e. The number of benzene rings is 1. The third-order valence-corrected chi connectivity index (χ3v) is 2.22. The van der Waals surface area contributed by atoms with Gasteiger partial charge in [-0.25, -0.2) is 9.78 Å². The fraction of sp³-hybridized carbons (Fsp3) is 0.0909. The van der Waals surface area contributed by atoms with Crippen molar-refractivity contribution in [3.05, 3.63) is 41.9 Å². The molecule has 0 atom stereocenters. The quantitative estimate of drug-likeness (QED) is 0.897. The lowest BCUT2D eigenvalue weighted by Crippen LogP contribution is -2.05. The lowest BCUT2D eigenvalue weighted by Gasteiger charge is -2.07. The Morgan fingerprint density at radius 1 is 1.33 bits per heavy atom. The summed E-state index contributed by atoms with van der Waals surface area (Å²) in [5.41, 5.74) is -1.29. The van der Waals surface area contributed by atoms with E-state index in [1.54, 1.807) is 0 Å². The van der Waals surface area contributed by atoms with Gasteiger partial charge in [0.25, 0.3) is 0 Å². The van der Waals surface area contributed by atoms with Gasteiger partial charge in [-0.05, 0) is 12.1 Å². The van der Waals surface area contributed by atoms with Gasteiger partial charge in [0.2, 0.25) is 0 Å². The van der Waals surface area contributed by atoms with E-state index in [9.17, 15) is 18.0 Å². The lowest BCUT2D eigenvalue weighted by molar-refractivity contribution is -0.137. The van der Waals surface area contributed by atoms with Crippen molar-refractivity contribution in [2.24, 2.45) is 0 Å². The third-order valence-electron chi connectivity index (χ3n) is 2.22. The molecule has 0 bridgehead atoms. The highest BCUT2D eigenvalue weighted by Crippen LogP contribution is 2.32. The van der Waals surface area contributed by atoms with Crippen LogP contribution in [0.4, 0.5) is 13.2 Å². The Kier molecular flexibility index (Phi) is 2.82. The SMILES string of the molecule is O=C(O)c1ncoc1-c1cccc(C(F)(F)F)c1. The van der Waals surface area contributed by atoms with Crippen molar-refractivity contribution < 1.29 is 27.5 Å². The van der Waals surface area contributed by atoms with Crippen LogP contribution in [0.5, 0.6) is 0 Å². The fourth-order valence-corrected chi connectivity index (χ4v) is 1.44. The van der Waals surface area contributed by atoms with E-state index in [1.807, 2.05) is 0 Å². The molecule has 0 saturated heterocycles. The van der Waals surface area contributed by atoms with Crippen LogP contribution in [-0.2, 0) is 6.18 Å². The van der Waals surface area contributed by atoms with E-state index in [4.69, 9.17) is 9.52 Å². The summed E-state index contributed by atoms with van der Waals surface area (Å²) in [5, 5.41) is 8.80. The first-order valence-corrected chi connectivity index (χ1v) is 4.74. The maximum atomic E-state index is 12.5. The molecule has 0 saturated carbocycles. The van der Waals surface area contributed by atoms with Gasteiger partial charge in [-0.1, -0.05) is 12.1 Å². The Labute approximate surface area is 98.7 Å². The maximum Gasteiger partial charge on any atom is 0.416 e. The van der Waals surface area contributed by atoms with E-state index < -0.39 is 23.4 Å². The molecule has 1 heterocycles. The monoisotopic (exact) mass is 257 g/mol. The average molecular weight is 257 g/mol. The third kappa shape index (κ3) is 2.20. The van der Waals surface area contributed by atoms with Gasteiger partial charge in [-0.3, -0.25) is 0 Å². The molecule has 0 unspecified atom stereocenters. The summed E-state index contributed by atoms with van der Waals surface area (Å²) in [6.45, 7) is 0. The molecule has 1 aromatic carbocycles. The van der Waals surface area contributed by atoms with Crippen LogP contribution in [0.1, 0.15) is 16.1 Å². The van der Waals surface area contributed by atoms with Gasteiger partial charge < -0.3 is 9.52 Å². The zero-order chi connectivity index (χ0) is 13.3. The first-order chi connectivity index (χ1) is 8.39. The molecule has 7 heteroatoms. The van der Waals surface area contributed by atoms with Crippen molar-refractivity contribution >= 4 is 5.97 Å². The van der Waals surface area contributed by atoms with Crippen molar-refractivity contribution in [2.45, 2.75) is 6.18 Å². The van der Waals surface area contributed by atoms with Crippen molar-refractivity contribution in [3.8, 4) is 11.3 Å². The van der Waals surface area contributed by atoms with Crippen molar-refractivity contribution in [1.82, 2.24) is 4.98 Å². The van der Waals surface area contributed by atoms with Crippen LogP contribution >= 0.6 is 0 Å². The first kappa shape index (κ1) is 12.2. The summed E-state index contributed by atoms with van der Waals surface area (Å²) >= 11 is 0. The molecule has 2 rings (SSSR count). The number of carboxylic acid groups (broad SMARTS) is 1. The Morgan fingerprint density at radius 3 is 2.67 bits per heavy atom. The minimum Gasteiger partial charge on any atom is -0.476 e. The summed E-state index contributed by atoms with van der Waals surface area (Å²) in [6, 6.07) is 4.20. The molecule has 1 N–H and O–H groups in total. The second-order valence-electron chi connectivity index (χ2n) is 3.41. The van der Waals surface area contributed by atoms with Gasteiger partial charge in [0, 0.05) is 5.56 Å². The predicted molar refractivity (Wildman–Crippen MR) is 53.9 cm³/mol. The highest BCUT2D eigenvalue weighted by atomic mass is 19.4. The number of aromatic nitrogens is 1. The molecule has 0 aliphatic carbocycles. The number of halogens is 3. The Balaban J connectivity index is 2.52. The normalized spacial score (nSPS) is 11.5. The van der Waals surface area contributed by atoms with Crippen LogP contribution in [0.3, 0.4) is 0 Å². The van der Waals surface area contributed by atoms with Crippen LogP contribution in [0.25, 0.3) is 11.3 Å². The van der Waals surface area contributed by atoms with Crippen LogP contribution in [0.15, 0.2) is 35.1 Å². The van der Waals surface area contributed by atoms with Crippen molar-refractivity contribution in [3.63, 3.8) is 0 Å². The van der Waals surface area contributed by atoms with Crippen LogP contribution in [-0.4, -0.2) is 16.1 Å². The average Bonchev–Trinajstić information content (AvgIpc) is 2.77. The zero-order valence-electron chi connectivity index (χ0n) is 8.73. The maximum absolute atomic E-state index is 12.5. The van der Waals surface area contributed by atoms with Crippen molar-refractivity contribution in [1.29, 1.82) is 0 Å². The highest BCUT2D eigenvalue weighted by Gasteiger charge is 2.31. The van der Waals surface area contributed by atoms with Gasteiger partial charge in [0.05, 0.1) is 5.56 Å². The predicted octanol–water partition coefficient (Wildman–Crippen LogP) is 3.06. The van der Waals surface area contributed by atoms with E-state index in [2.05, 4.69) is 4.98 Å². The van der Waals surface area contributed by atoms with Gasteiger partial charge >= 0.3 is 12.1 Å². The molecule has 2 aromatic rings. The molecular formula is C11H6F3NO3. The van der Waals surface area contributed by atoms with Gasteiger partial charge in [0.15, 0.2) is 17.8 Å². The summed E-state index contributed by atoms with van der Waals surface area (Å²) in [4.78, 5) is 14.2. The standard InChI is InChI=1S/C11H6F3NO3/c12-11(13,14)7-3-1-2-6(4-7)9-8(10(16)17)15-5-18-9/h1-5H,(H,16,17). The molecule has 0 fully saturated rings. The molecule has 0 spiro atoms. The van der Waals surface area contributed by atoms with Gasteiger partial charge in [0.1, 0.15) is 0 Å². The van der Waals surface area contributed by atoms with E-state index in [-0.39, 0.29) is 11.3 Å². The molecule has 18 heavy (non-hydrogen) atoms. The fourth-order valence-electron chi connectivity index (χ4n) is 1.44. The Morgan fingerprint density at radius 2 is 2.06 bits per heavy atom. The van der Waals surface area contributed by atoms with Gasteiger partial charge in [-0.15, -0.1) is 0 Å². The smallest absolute Gasteiger partial charge is 0.416 e. The molecule has 94 valence electrons. The topological polar surface area (TPSA) is 63.3 Å². The summed E-state index contributed by atoms with van der Waals surface area (Å²) in [7, 11) is 0. The van der Waals surface area contributed by atoms with E-state index in [0.717, 1.165) is 18.5 Å². The number of carbonyl (C=O) groups is 1. The van der Waals surface area contributed by atoms with E-state index in [0.29, 0.717) is 0 Å². The molecule has 0 aliphatic rings. The number of aromatic carboxylic acids is 1. The second-order valence-corrected chi connectivity index (χ2v) is 3.41. The van der Waals surface area contributed by atoms with Gasteiger partial charge in [-0.2, -0.15) is 13.2 Å². The minimum absolute atomic E-state index is 0.0136. The second kappa shape index (κ2) is 4.17. The highest BCUT2D eigenvalue weighted by molar-refractivity contribution is 5.92. The number of oxazole rings is 1. The number of hydrogen-bond acceptors (Lipinski definition) is 3. The zero-order valence-corrected chi connectivity index (χ0v) is 8.73. The summed E-state index contributed by atoms with van der Waals surface area (Å²) in [5.74, 6) is -1.57. The molecule has 0 amide bonds. The van der Waals surface area contributed by atoms with E-state index in [1.165, 1.54) is 12.1 Å². The molecule has 4 nitrogen and oxygen atoms in total. The molecular weight excluding hydrogens is 251 g/mol. The number of nitrogens with zero attached hydrogens (tertiary/aromatic N) is 1. The Hall–Kier alpha value is -2.31. The number of hydrogen-bond donors (Lipinski definition) is 1. The minimum atomic E-state index is -4.50. The number of carboxylic acids is 1. The first-order valence-electron chi connectivity index (χ1n) is 4.74. The van der Waals surface area contributed by atoms with Crippen LogP contribution in [0.2, 0.25) is 0 Å². The summed E-state index contributed by atoms with van der Waals surface area (Å²) < 4.78 is 42.3. The van der Waals surface area contributed by atoms with E-state index >= 15 is 0 Å². The molecule has 0 radical (unpaired) electrons.